The molecular formula is C12H20KNO6S. The van der Waals surface area contributed by atoms with Crippen molar-refractivity contribution < 1.29 is 79.2 Å². The molecule has 7 nitrogen and oxygen atoms in total. The molecule has 0 spiro atoms. The molecule has 0 radical (unpaired) electrons. The monoisotopic (exact) mass is 345 g/mol. The zero-order valence-corrected chi connectivity index (χ0v) is 16.6. The molecule has 0 bridgehead atoms. The molecule has 1 fully saturated rings. The molecule has 0 aromatic heterocycles. The van der Waals surface area contributed by atoms with Crippen molar-refractivity contribution >= 4 is 21.9 Å². The van der Waals surface area contributed by atoms with Crippen LogP contribution in [0.15, 0.2) is 0 Å². The van der Waals surface area contributed by atoms with Crippen LogP contribution in [0.1, 0.15) is 39.0 Å². The Morgan fingerprint density at radius 1 is 1.29 bits per heavy atom. The van der Waals surface area contributed by atoms with Crippen LogP contribution in [0.3, 0.4) is 0 Å². The number of carbonyl (C=O) groups excluding carboxylic acids is 2. The number of carboxylic acid groups (broad SMARTS) is 1. The van der Waals surface area contributed by atoms with Crippen LogP contribution in [-0.4, -0.2) is 38.7 Å². The van der Waals surface area contributed by atoms with Gasteiger partial charge in [-0.2, -0.15) is 0 Å². The molecule has 116 valence electrons. The molecule has 21 heavy (non-hydrogen) atoms. The molecule has 1 saturated carbocycles. The van der Waals surface area contributed by atoms with E-state index in [0.717, 1.165) is 25.5 Å². The number of aliphatic carboxylic acids is 1. The van der Waals surface area contributed by atoms with E-state index in [1.54, 1.807) is 0 Å². The van der Waals surface area contributed by atoms with Gasteiger partial charge >= 0.3 is 57.5 Å². The Labute approximate surface area is 167 Å². The van der Waals surface area contributed by atoms with E-state index in [0.29, 0.717) is 12.8 Å². The number of hydrogen-bond donors (Lipinski definition) is 1. The van der Waals surface area contributed by atoms with Gasteiger partial charge in [0.05, 0.1) is 0 Å². The molecule has 1 aliphatic carbocycles. The summed E-state index contributed by atoms with van der Waals surface area (Å²) in [6.45, 7) is 1.13. The molecule has 0 saturated heterocycles. The molecule has 0 aromatic carbocycles. The molecule has 1 N–H and O–H groups in total. The van der Waals surface area contributed by atoms with E-state index in [-0.39, 0.29) is 57.9 Å². The number of nitrogens with one attached hydrogen (secondary N) is 1. The molecular weight excluding hydrogens is 325 g/mol. The second-order valence-corrected chi connectivity index (χ2v) is 7.61. The first-order chi connectivity index (χ1) is 9.17. The summed E-state index contributed by atoms with van der Waals surface area (Å²) in [5, 5.41) is 13.6. The van der Waals surface area contributed by atoms with Crippen LogP contribution in [0.5, 0.6) is 0 Å². The van der Waals surface area contributed by atoms with Crippen LogP contribution in [-0.2, 0) is 19.4 Å². The molecule has 0 aliphatic heterocycles. The molecule has 1 rings (SSSR count). The van der Waals surface area contributed by atoms with Gasteiger partial charge in [-0.25, -0.2) is 13.2 Å². The van der Waals surface area contributed by atoms with Crippen molar-refractivity contribution in [3.05, 3.63) is 0 Å². The van der Waals surface area contributed by atoms with Crippen LogP contribution >= 0.6 is 0 Å². The normalized spacial score (nSPS) is 19.0. The summed E-state index contributed by atoms with van der Waals surface area (Å²) in [5.41, 5.74) is -2.35. The standard InChI is InChI=1S/C12H21NO6S.K/c1-9(20(2,17)18)19-11(16)13-8-12(10(14)15)6-4-3-5-7-12;/h9H,3-8H2,1-2H3,(H,13,16)(H,14,15);/q;+1/p-1. The quantitative estimate of drug-likeness (QED) is 0.525. The second-order valence-electron chi connectivity index (χ2n) is 5.28. The van der Waals surface area contributed by atoms with Crippen molar-refractivity contribution in [3.63, 3.8) is 0 Å². The zero-order valence-electron chi connectivity index (χ0n) is 12.7. The fourth-order valence-electron chi connectivity index (χ4n) is 2.20. The number of alkyl carbamates (subject to hydrolysis) is 1. The van der Waals surface area contributed by atoms with Crippen molar-refractivity contribution in [3.8, 4) is 0 Å². The Hall–Kier alpha value is 0.326. The van der Waals surface area contributed by atoms with Crippen LogP contribution < -0.4 is 61.8 Å². The Morgan fingerprint density at radius 3 is 2.24 bits per heavy atom. The zero-order chi connectivity index (χ0) is 15.4. The average Bonchev–Trinajstić information content (AvgIpc) is 2.36. The van der Waals surface area contributed by atoms with Gasteiger partial charge in [0.1, 0.15) is 0 Å². The van der Waals surface area contributed by atoms with Crippen molar-refractivity contribution in [1.29, 1.82) is 0 Å². The average molecular weight is 345 g/mol. The van der Waals surface area contributed by atoms with Gasteiger partial charge in [-0.15, -0.1) is 0 Å². The van der Waals surface area contributed by atoms with Crippen molar-refractivity contribution in [2.75, 3.05) is 12.8 Å². The smallest absolute Gasteiger partial charge is 0.549 e. The maximum absolute atomic E-state index is 11.5. The predicted octanol–water partition coefficient (Wildman–Crippen LogP) is -3.19. The SMILES string of the molecule is CC(OC(=O)NCC1(C(=O)[O-])CCCCC1)S(C)(=O)=O.[K+]. The van der Waals surface area contributed by atoms with Crippen molar-refractivity contribution in [2.24, 2.45) is 5.41 Å². The third kappa shape index (κ3) is 6.53. The molecule has 1 unspecified atom stereocenters. The van der Waals surface area contributed by atoms with Crippen LogP contribution in [0.2, 0.25) is 0 Å². The number of carboxylic acids is 1. The first-order valence-corrected chi connectivity index (χ1v) is 8.48. The minimum absolute atomic E-state index is 0. The number of carbonyl (C=O) groups is 2. The summed E-state index contributed by atoms with van der Waals surface area (Å²) >= 11 is 0. The fraction of sp³-hybridized carbons (Fsp3) is 0.833. The van der Waals surface area contributed by atoms with E-state index in [4.69, 9.17) is 0 Å². The van der Waals surface area contributed by atoms with Gasteiger partial charge in [0.2, 0.25) is 5.44 Å². The Bertz CT molecular complexity index is 472. The summed E-state index contributed by atoms with van der Waals surface area (Å²) in [5.74, 6) is -1.19. The van der Waals surface area contributed by atoms with Gasteiger partial charge in [0, 0.05) is 24.2 Å². The van der Waals surface area contributed by atoms with Crippen LogP contribution in [0.4, 0.5) is 4.79 Å². The van der Waals surface area contributed by atoms with Crippen molar-refractivity contribution in [2.45, 2.75) is 44.5 Å². The third-order valence-corrected chi connectivity index (χ3v) is 4.99. The summed E-state index contributed by atoms with van der Waals surface area (Å²) in [7, 11) is -3.48. The molecule has 1 amide bonds. The summed E-state index contributed by atoms with van der Waals surface area (Å²) < 4.78 is 26.9. The first-order valence-electron chi connectivity index (χ1n) is 6.52. The number of hydrogen-bond acceptors (Lipinski definition) is 6. The number of amides is 1. The fourth-order valence-corrected chi connectivity index (χ4v) is 2.46. The summed E-state index contributed by atoms with van der Waals surface area (Å²) in [6, 6.07) is 0. The van der Waals surface area contributed by atoms with Crippen LogP contribution in [0, 0.1) is 5.41 Å². The maximum Gasteiger partial charge on any atom is 1.00 e. The van der Waals surface area contributed by atoms with E-state index in [2.05, 4.69) is 10.1 Å². The van der Waals surface area contributed by atoms with E-state index in [1.165, 1.54) is 6.92 Å². The van der Waals surface area contributed by atoms with Gasteiger partial charge in [0.25, 0.3) is 0 Å². The van der Waals surface area contributed by atoms with E-state index in [9.17, 15) is 23.1 Å². The van der Waals surface area contributed by atoms with Crippen molar-refractivity contribution in [1.82, 2.24) is 5.32 Å². The Morgan fingerprint density at radius 2 is 1.81 bits per heavy atom. The van der Waals surface area contributed by atoms with E-state index < -0.39 is 32.8 Å². The number of rotatable bonds is 5. The summed E-state index contributed by atoms with van der Waals surface area (Å²) in [6.07, 6.45) is 3.40. The van der Waals surface area contributed by atoms with Crippen LogP contribution in [0.25, 0.3) is 0 Å². The van der Waals surface area contributed by atoms with Gasteiger partial charge in [-0.1, -0.05) is 19.3 Å². The molecule has 0 heterocycles. The number of sulfone groups is 1. The largest absolute Gasteiger partial charge is 1.00 e. The Balaban J connectivity index is 0.00000400. The number of ether oxygens (including phenoxy) is 1. The van der Waals surface area contributed by atoms with Gasteiger partial charge in [-0.3, -0.25) is 0 Å². The van der Waals surface area contributed by atoms with Gasteiger partial charge in [0.15, 0.2) is 9.84 Å². The molecule has 9 heteroatoms. The minimum Gasteiger partial charge on any atom is -0.549 e. The predicted molar refractivity (Wildman–Crippen MR) is 69.3 cm³/mol. The van der Waals surface area contributed by atoms with Gasteiger partial charge in [-0.05, 0) is 19.8 Å². The van der Waals surface area contributed by atoms with E-state index in [1.807, 2.05) is 0 Å². The molecule has 0 aromatic rings. The minimum atomic E-state index is -3.48. The molecule has 1 aliphatic rings. The van der Waals surface area contributed by atoms with Gasteiger partial charge < -0.3 is 20.0 Å². The third-order valence-electron chi connectivity index (χ3n) is 3.69. The summed E-state index contributed by atoms with van der Waals surface area (Å²) in [4.78, 5) is 22.8. The second kappa shape index (κ2) is 8.83. The molecule has 1 atom stereocenters. The maximum atomic E-state index is 11.5. The topological polar surface area (TPSA) is 113 Å². The first kappa shape index (κ1) is 21.3. The van der Waals surface area contributed by atoms with E-state index >= 15 is 0 Å². The Kier molecular flexibility index (Phi) is 8.96.